The number of methoxy groups -OCH3 is 1. The molecule has 3 aromatic rings. The van der Waals surface area contributed by atoms with Crippen LogP contribution < -0.4 is 10.5 Å². The molecule has 0 spiro atoms. The van der Waals surface area contributed by atoms with Gasteiger partial charge in [-0.1, -0.05) is 6.07 Å². The number of ether oxygens (including phenoxy) is 1. The number of nitrogens with two attached hydrogens (primary N) is 1. The first-order chi connectivity index (χ1) is 9.54. The zero-order valence-corrected chi connectivity index (χ0v) is 12.0. The Morgan fingerprint density at radius 1 is 1.25 bits per heavy atom. The van der Waals surface area contributed by atoms with Gasteiger partial charge in [-0.15, -0.1) is 0 Å². The molecule has 0 aliphatic carbocycles. The van der Waals surface area contributed by atoms with E-state index in [0.29, 0.717) is 17.4 Å². The Kier molecular flexibility index (Phi) is 2.67. The van der Waals surface area contributed by atoms with Gasteiger partial charge in [0.15, 0.2) is 0 Å². The molecular formula is C14H17N5O. The van der Waals surface area contributed by atoms with Crippen LogP contribution in [0.25, 0.3) is 16.9 Å². The van der Waals surface area contributed by atoms with E-state index in [9.17, 15) is 0 Å². The molecule has 0 radical (unpaired) electrons. The largest absolute Gasteiger partial charge is 0.481 e. The van der Waals surface area contributed by atoms with Crippen LogP contribution in [0, 0.1) is 13.8 Å². The van der Waals surface area contributed by atoms with Gasteiger partial charge in [0.1, 0.15) is 17.2 Å². The number of pyridine rings is 1. The first-order valence-corrected chi connectivity index (χ1v) is 6.36. The maximum atomic E-state index is 6.28. The number of anilines is 1. The Morgan fingerprint density at radius 2 is 2.00 bits per heavy atom. The number of nitrogen functional groups attached to an aromatic ring is 1. The van der Waals surface area contributed by atoms with E-state index in [1.807, 2.05) is 43.5 Å². The van der Waals surface area contributed by atoms with Gasteiger partial charge in [-0.2, -0.15) is 5.10 Å². The van der Waals surface area contributed by atoms with E-state index in [-0.39, 0.29) is 0 Å². The van der Waals surface area contributed by atoms with Crippen molar-refractivity contribution in [2.24, 2.45) is 7.05 Å². The van der Waals surface area contributed by atoms with Crippen molar-refractivity contribution in [2.75, 3.05) is 12.8 Å². The molecule has 0 saturated carbocycles. The lowest BCUT2D eigenvalue weighted by molar-refractivity contribution is 0.374. The molecule has 0 aliphatic heterocycles. The highest BCUT2D eigenvalue weighted by atomic mass is 16.5. The van der Waals surface area contributed by atoms with Gasteiger partial charge < -0.3 is 10.5 Å². The Bertz CT molecular complexity index is 800. The standard InChI is InChI=1S/C14H17N5O/c1-8-6-5-7-10-16-12(13(15)19(8)10)11-9(2)17-18(3)14(11)20-4/h5-7H,15H2,1-4H3. The minimum atomic E-state index is 0.604. The molecule has 6 heteroatoms. The molecular weight excluding hydrogens is 254 g/mol. The minimum Gasteiger partial charge on any atom is -0.481 e. The highest BCUT2D eigenvalue weighted by molar-refractivity contribution is 5.80. The quantitative estimate of drug-likeness (QED) is 0.773. The maximum absolute atomic E-state index is 6.28. The molecule has 3 aromatic heterocycles. The van der Waals surface area contributed by atoms with Gasteiger partial charge in [0.2, 0.25) is 5.88 Å². The second-order valence-electron chi connectivity index (χ2n) is 4.80. The van der Waals surface area contributed by atoms with E-state index >= 15 is 0 Å². The van der Waals surface area contributed by atoms with Crippen LogP contribution in [0.3, 0.4) is 0 Å². The number of nitrogens with zero attached hydrogens (tertiary/aromatic N) is 4. The normalized spacial score (nSPS) is 11.2. The zero-order valence-electron chi connectivity index (χ0n) is 12.0. The van der Waals surface area contributed by atoms with E-state index in [1.165, 1.54) is 0 Å². The lowest BCUT2D eigenvalue weighted by Crippen LogP contribution is -1.98. The van der Waals surface area contributed by atoms with E-state index < -0.39 is 0 Å². The summed E-state index contributed by atoms with van der Waals surface area (Å²) >= 11 is 0. The zero-order chi connectivity index (χ0) is 14.4. The van der Waals surface area contributed by atoms with Crippen LogP contribution in [0.15, 0.2) is 18.2 Å². The summed E-state index contributed by atoms with van der Waals surface area (Å²) < 4.78 is 9.06. The Morgan fingerprint density at radius 3 is 2.65 bits per heavy atom. The monoisotopic (exact) mass is 271 g/mol. The number of fused-ring (bicyclic) bond motifs is 1. The van der Waals surface area contributed by atoms with Crippen LogP contribution in [0.5, 0.6) is 5.88 Å². The molecule has 0 atom stereocenters. The molecule has 104 valence electrons. The molecule has 0 fully saturated rings. The number of imidazole rings is 1. The third-order valence-electron chi connectivity index (χ3n) is 3.47. The van der Waals surface area contributed by atoms with Crippen molar-refractivity contribution in [3.63, 3.8) is 0 Å². The van der Waals surface area contributed by atoms with Crippen molar-refractivity contribution in [2.45, 2.75) is 13.8 Å². The smallest absolute Gasteiger partial charge is 0.221 e. The summed E-state index contributed by atoms with van der Waals surface area (Å²) in [6, 6.07) is 5.90. The summed E-state index contributed by atoms with van der Waals surface area (Å²) in [5.74, 6) is 1.27. The number of aryl methyl sites for hydroxylation is 3. The third kappa shape index (κ3) is 1.57. The lowest BCUT2D eigenvalue weighted by Gasteiger charge is -2.04. The van der Waals surface area contributed by atoms with Gasteiger partial charge in [-0.3, -0.25) is 4.40 Å². The van der Waals surface area contributed by atoms with Gasteiger partial charge in [-0.25, -0.2) is 9.67 Å². The number of hydrogen-bond donors (Lipinski definition) is 1. The summed E-state index contributed by atoms with van der Waals surface area (Å²) in [7, 11) is 3.46. The van der Waals surface area contributed by atoms with Crippen molar-refractivity contribution in [3.8, 4) is 17.1 Å². The number of rotatable bonds is 2. The summed E-state index contributed by atoms with van der Waals surface area (Å²) in [6.45, 7) is 3.93. The predicted molar refractivity (Wildman–Crippen MR) is 77.8 cm³/mol. The van der Waals surface area contributed by atoms with Gasteiger partial charge in [0.05, 0.1) is 18.4 Å². The van der Waals surface area contributed by atoms with Crippen molar-refractivity contribution in [3.05, 3.63) is 29.6 Å². The van der Waals surface area contributed by atoms with Crippen molar-refractivity contribution < 1.29 is 4.74 Å². The third-order valence-corrected chi connectivity index (χ3v) is 3.47. The predicted octanol–water partition coefficient (Wildman–Crippen LogP) is 1.94. The maximum Gasteiger partial charge on any atom is 0.221 e. The Hall–Kier alpha value is -2.50. The molecule has 0 aromatic carbocycles. The molecule has 3 rings (SSSR count). The summed E-state index contributed by atoms with van der Waals surface area (Å²) in [6.07, 6.45) is 0. The first kappa shape index (κ1) is 12.5. The molecule has 0 amide bonds. The van der Waals surface area contributed by atoms with Crippen molar-refractivity contribution in [1.29, 1.82) is 0 Å². The number of hydrogen-bond acceptors (Lipinski definition) is 4. The second kappa shape index (κ2) is 4.26. The fraction of sp³-hybridized carbons (Fsp3) is 0.286. The average molecular weight is 271 g/mol. The first-order valence-electron chi connectivity index (χ1n) is 6.36. The average Bonchev–Trinajstić information content (AvgIpc) is 2.87. The fourth-order valence-electron chi connectivity index (χ4n) is 2.61. The van der Waals surface area contributed by atoms with E-state index in [1.54, 1.807) is 11.8 Å². The van der Waals surface area contributed by atoms with Gasteiger partial charge in [-0.05, 0) is 26.0 Å². The van der Waals surface area contributed by atoms with Crippen LogP contribution in [-0.2, 0) is 7.05 Å². The van der Waals surface area contributed by atoms with Crippen LogP contribution >= 0.6 is 0 Å². The summed E-state index contributed by atoms with van der Waals surface area (Å²) in [5, 5.41) is 4.38. The van der Waals surface area contributed by atoms with Gasteiger partial charge >= 0.3 is 0 Å². The molecule has 2 N–H and O–H groups in total. The van der Waals surface area contributed by atoms with Gasteiger partial charge in [0.25, 0.3) is 0 Å². The SMILES string of the molecule is COc1c(-c2nc3cccc(C)n3c2N)c(C)nn1C. The van der Waals surface area contributed by atoms with Crippen molar-refractivity contribution >= 4 is 11.5 Å². The van der Waals surface area contributed by atoms with Crippen LogP contribution in [0.4, 0.5) is 5.82 Å². The van der Waals surface area contributed by atoms with E-state index in [4.69, 9.17) is 10.5 Å². The Labute approximate surface area is 116 Å². The molecule has 0 saturated heterocycles. The van der Waals surface area contributed by atoms with Crippen molar-refractivity contribution in [1.82, 2.24) is 19.2 Å². The summed E-state index contributed by atoms with van der Waals surface area (Å²) in [5.41, 5.74) is 10.5. The highest BCUT2D eigenvalue weighted by Crippen LogP contribution is 2.36. The van der Waals surface area contributed by atoms with Crippen LogP contribution in [0.2, 0.25) is 0 Å². The molecule has 0 unspecified atom stereocenters. The fourth-order valence-corrected chi connectivity index (χ4v) is 2.61. The van der Waals surface area contributed by atoms with E-state index in [2.05, 4.69) is 10.1 Å². The summed E-state index contributed by atoms with van der Waals surface area (Å²) in [4.78, 5) is 4.63. The molecule has 0 aliphatic rings. The van der Waals surface area contributed by atoms with Crippen LogP contribution in [-0.4, -0.2) is 26.3 Å². The van der Waals surface area contributed by atoms with E-state index in [0.717, 1.165) is 22.6 Å². The second-order valence-corrected chi connectivity index (χ2v) is 4.80. The highest BCUT2D eigenvalue weighted by Gasteiger charge is 2.22. The van der Waals surface area contributed by atoms with Crippen LogP contribution in [0.1, 0.15) is 11.4 Å². The Balaban J connectivity index is 2.36. The van der Waals surface area contributed by atoms with Gasteiger partial charge in [0, 0.05) is 12.7 Å². The number of aromatic nitrogens is 4. The lowest BCUT2D eigenvalue weighted by atomic mass is 10.2. The molecule has 20 heavy (non-hydrogen) atoms. The topological polar surface area (TPSA) is 70.4 Å². The minimum absolute atomic E-state index is 0.604. The molecule has 0 bridgehead atoms. The molecule has 6 nitrogen and oxygen atoms in total. The molecule has 3 heterocycles.